The summed E-state index contributed by atoms with van der Waals surface area (Å²) in [7, 11) is -2.87. The van der Waals surface area contributed by atoms with E-state index < -0.39 is 15.1 Å². The van der Waals surface area contributed by atoms with Crippen LogP contribution >= 0.6 is 0 Å². The second kappa shape index (κ2) is 7.75. The second-order valence-electron chi connectivity index (χ2n) is 9.36. The van der Waals surface area contributed by atoms with Crippen molar-refractivity contribution in [3.8, 4) is 23.5 Å². The lowest BCUT2D eigenvalue weighted by Crippen LogP contribution is -2.45. The summed E-state index contributed by atoms with van der Waals surface area (Å²) in [6.45, 7) is 3.45. The highest BCUT2D eigenvalue weighted by Crippen LogP contribution is 2.35. The summed E-state index contributed by atoms with van der Waals surface area (Å²) in [6.07, 6.45) is 8.07. The van der Waals surface area contributed by atoms with E-state index in [1.807, 2.05) is 44.3 Å². The van der Waals surface area contributed by atoms with Gasteiger partial charge >= 0.3 is 10.2 Å². The first kappa shape index (κ1) is 22.5. The number of nitrogens with one attached hydrogen (secondary N) is 1. The molecule has 0 radical (unpaired) electrons. The van der Waals surface area contributed by atoms with E-state index in [2.05, 4.69) is 25.4 Å². The molecule has 180 valence electrons. The van der Waals surface area contributed by atoms with Crippen LogP contribution in [0.5, 0.6) is 0 Å². The number of halogens is 1. The molecule has 1 fully saturated rings. The van der Waals surface area contributed by atoms with Crippen LogP contribution in [-0.2, 0) is 10.2 Å². The van der Waals surface area contributed by atoms with Gasteiger partial charge in [0.05, 0.1) is 16.9 Å². The Morgan fingerprint density at radius 1 is 1.14 bits per heavy atom. The van der Waals surface area contributed by atoms with Gasteiger partial charge in [-0.05, 0) is 55.4 Å². The quantitative estimate of drug-likeness (QED) is 0.297. The number of likely N-dealkylation sites (N-methyl/N-ethyl adjacent to an activating group) is 1. The Labute approximate surface area is 206 Å². The fraction of sp³-hybridized carbons (Fsp3) is 0.185. The molecule has 0 unspecified atom stereocenters. The van der Waals surface area contributed by atoms with E-state index in [9.17, 15) is 17.1 Å². The Bertz CT molecular complexity index is 1940. The van der Waals surface area contributed by atoms with E-state index in [0.29, 0.717) is 38.6 Å². The van der Waals surface area contributed by atoms with Gasteiger partial charge in [-0.25, -0.2) is 0 Å². The monoisotopic (exact) mass is 500 g/mol. The number of pyridine rings is 2. The van der Waals surface area contributed by atoms with Crippen molar-refractivity contribution in [1.29, 1.82) is 0 Å². The summed E-state index contributed by atoms with van der Waals surface area (Å²) in [4.78, 5) is 22.9. The van der Waals surface area contributed by atoms with Crippen molar-refractivity contribution >= 4 is 43.1 Å². The van der Waals surface area contributed by atoms with Crippen molar-refractivity contribution in [2.75, 3.05) is 20.1 Å². The molecule has 0 atom stereocenters. The predicted molar refractivity (Wildman–Crippen MR) is 138 cm³/mol. The van der Waals surface area contributed by atoms with Crippen LogP contribution in [0, 0.1) is 19.3 Å². The number of hydrogen-bond acceptors (Lipinski definition) is 5. The summed E-state index contributed by atoms with van der Waals surface area (Å²) in [6, 6.07) is 10.6. The van der Waals surface area contributed by atoms with E-state index in [-0.39, 0.29) is 11.5 Å². The zero-order valence-electron chi connectivity index (χ0n) is 19.5. The number of benzene rings is 2. The Kier molecular flexibility index (Phi) is 4.84. The maximum absolute atomic E-state index is 13.8. The normalized spacial score (nSPS) is 14.9. The number of terminal acetylenes is 1. The molecule has 4 heterocycles. The second-order valence-corrected chi connectivity index (χ2v) is 10.7. The van der Waals surface area contributed by atoms with Crippen molar-refractivity contribution in [3.63, 3.8) is 0 Å². The minimum absolute atomic E-state index is 0.100. The third-order valence-electron chi connectivity index (χ3n) is 6.98. The van der Waals surface area contributed by atoms with E-state index in [1.165, 1.54) is 12.3 Å². The SMILES string of the molecule is C#Cc1ccc2c(c1)[nH]c1c2c(=O)c2cc(C)c(-c3cncc(S(=O)(=O)F)c3)cc2n1C1CN(C)C1. The number of nitrogens with zero attached hydrogens (tertiary/aromatic N) is 3. The van der Waals surface area contributed by atoms with Crippen molar-refractivity contribution in [2.24, 2.45) is 0 Å². The number of aromatic nitrogens is 3. The molecular formula is C27H21FN4O3S. The standard InChI is InChI=1S/C27H21FN4O3S/c1-4-16-5-6-20-23(8-16)30-27-25(20)26(33)22-7-15(2)21(10-24(22)32(27)18-13-31(3)14-18)17-9-19(12-29-11-17)36(28,34)35/h1,5-12,18,30H,13-14H2,2-3H3. The first-order valence-electron chi connectivity index (χ1n) is 11.3. The molecule has 1 aliphatic heterocycles. The smallest absolute Gasteiger partial charge is 0.333 e. The van der Waals surface area contributed by atoms with Crippen molar-refractivity contribution < 1.29 is 12.3 Å². The highest BCUT2D eigenvalue weighted by atomic mass is 32.3. The summed E-state index contributed by atoms with van der Waals surface area (Å²) < 4.78 is 38.8. The molecule has 5 aromatic rings. The fourth-order valence-electron chi connectivity index (χ4n) is 5.24. The van der Waals surface area contributed by atoms with Gasteiger partial charge in [-0.1, -0.05) is 12.0 Å². The highest BCUT2D eigenvalue weighted by molar-refractivity contribution is 7.86. The number of H-pyrrole nitrogens is 1. The number of aryl methyl sites for hydroxylation is 1. The summed E-state index contributed by atoms with van der Waals surface area (Å²) >= 11 is 0. The number of hydrogen-bond donors (Lipinski definition) is 1. The van der Waals surface area contributed by atoms with Crippen LogP contribution in [-0.4, -0.2) is 48.0 Å². The molecule has 0 amide bonds. The molecule has 0 saturated carbocycles. The van der Waals surface area contributed by atoms with Crippen LogP contribution < -0.4 is 5.43 Å². The maximum atomic E-state index is 13.8. The lowest BCUT2D eigenvalue weighted by Gasteiger charge is -2.39. The number of rotatable bonds is 3. The van der Waals surface area contributed by atoms with Crippen LogP contribution in [0.3, 0.4) is 0 Å². The van der Waals surface area contributed by atoms with Gasteiger partial charge in [-0.15, -0.1) is 10.3 Å². The first-order chi connectivity index (χ1) is 17.2. The molecule has 1 N–H and O–H groups in total. The van der Waals surface area contributed by atoms with Crippen LogP contribution in [0.4, 0.5) is 3.89 Å². The Morgan fingerprint density at radius 3 is 2.61 bits per heavy atom. The minimum Gasteiger partial charge on any atom is -0.340 e. The molecule has 6 rings (SSSR count). The van der Waals surface area contributed by atoms with Crippen molar-refractivity contribution in [2.45, 2.75) is 17.9 Å². The largest absolute Gasteiger partial charge is 0.340 e. The summed E-state index contributed by atoms with van der Waals surface area (Å²) in [5.41, 5.74) is 4.70. The first-order valence-corrected chi connectivity index (χ1v) is 12.7. The van der Waals surface area contributed by atoms with E-state index in [1.54, 1.807) is 0 Å². The summed E-state index contributed by atoms with van der Waals surface area (Å²) in [5, 5.41) is 1.97. The third kappa shape index (κ3) is 3.33. The average Bonchev–Trinajstić information content (AvgIpc) is 3.21. The van der Waals surface area contributed by atoms with Crippen LogP contribution in [0.25, 0.3) is 44.0 Å². The molecule has 0 bridgehead atoms. The third-order valence-corrected chi connectivity index (χ3v) is 7.76. The van der Waals surface area contributed by atoms with Gasteiger partial charge in [-0.2, -0.15) is 8.42 Å². The van der Waals surface area contributed by atoms with Gasteiger partial charge in [0.25, 0.3) is 0 Å². The Balaban J connectivity index is 1.71. The molecule has 7 nitrogen and oxygen atoms in total. The van der Waals surface area contributed by atoms with Gasteiger partial charge in [0.1, 0.15) is 10.5 Å². The summed E-state index contributed by atoms with van der Waals surface area (Å²) in [5.74, 6) is 2.64. The van der Waals surface area contributed by atoms with Gasteiger partial charge in [-0.3, -0.25) is 9.78 Å². The topological polar surface area (TPSA) is 88.1 Å². The molecule has 9 heteroatoms. The van der Waals surface area contributed by atoms with E-state index in [0.717, 1.165) is 35.8 Å². The molecule has 3 aromatic heterocycles. The minimum atomic E-state index is -4.91. The van der Waals surface area contributed by atoms with Gasteiger partial charge in [0.15, 0.2) is 5.43 Å². The molecule has 36 heavy (non-hydrogen) atoms. The molecule has 1 saturated heterocycles. The molecule has 0 aliphatic carbocycles. The average molecular weight is 501 g/mol. The molecular weight excluding hydrogens is 479 g/mol. The molecule has 1 aliphatic rings. The zero-order chi connectivity index (χ0) is 25.4. The number of fused-ring (bicyclic) bond motifs is 4. The molecule has 2 aromatic carbocycles. The lowest BCUT2D eigenvalue weighted by atomic mass is 9.97. The van der Waals surface area contributed by atoms with Crippen molar-refractivity contribution in [1.82, 2.24) is 19.4 Å². The van der Waals surface area contributed by atoms with E-state index in [4.69, 9.17) is 6.42 Å². The molecule has 0 spiro atoms. The Morgan fingerprint density at radius 2 is 1.92 bits per heavy atom. The number of likely N-dealkylation sites (tertiary alicyclic amines) is 1. The highest BCUT2D eigenvalue weighted by Gasteiger charge is 2.29. The lowest BCUT2D eigenvalue weighted by molar-refractivity contribution is 0.146. The maximum Gasteiger partial charge on any atom is 0.333 e. The van der Waals surface area contributed by atoms with Gasteiger partial charge < -0.3 is 14.5 Å². The zero-order valence-corrected chi connectivity index (χ0v) is 20.4. The van der Waals surface area contributed by atoms with Crippen LogP contribution in [0.2, 0.25) is 0 Å². The number of aromatic amines is 1. The van der Waals surface area contributed by atoms with Gasteiger partial charge in [0, 0.05) is 52.9 Å². The fourth-order valence-corrected chi connectivity index (χ4v) is 5.69. The van der Waals surface area contributed by atoms with Crippen LogP contribution in [0.15, 0.2) is 58.5 Å². The van der Waals surface area contributed by atoms with Crippen LogP contribution in [0.1, 0.15) is 17.2 Å². The van der Waals surface area contributed by atoms with Gasteiger partial charge in [0.2, 0.25) is 0 Å². The van der Waals surface area contributed by atoms with Crippen molar-refractivity contribution in [3.05, 3.63) is 70.1 Å². The Hall–Kier alpha value is -4.00. The predicted octanol–water partition coefficient (Wildman–Crippen LogP) is 4.13. The van der Waals surface area contributed by atoms with E-state index >= 15 is 0 Å².